The van der Waals surface area contributed by atoms with E-state index in [1.165, 1.54) is 11.3 Å². The van der Waals surface area contributed by atoms with Gasteiger partial charge in [-0.1, -0.05) is 12.1 Å². The molecule has 0 amide bonds. The number of hydrogen-bond acceptors (Lipinski definition) is 10. The van der Waals surface area contributed by atoms with Gasteiger partial charge in [-0.3, -0.25) is 4.98 Å². The van der Waals surface area contributed by atoms with Gasteiger partial charge in [0.05, 0.1) is 39.8 Å². The van der Waals surface area contributed by atoms with E-state index in [2.05, 4.69) is 25.6 Å². The maximum absolute atomic E-state index is 10.5. The molecule has 0 aliphatic heterocycles. The Morgan fingerprint density at radius 2 is 1.91 bits per heavy atom. The van der Waals surface area contributed by atoms with Crippen LogP contribution in [0.3, 0.4) is 0 Å². The van der Waals surface area contributed by atoms with Crippen LogP contribution in [0.5, 0.6) is 0 Å². The molecule has 1 aliphatic rings. The smallest absolute Gasteiger partial charge is 0.229 e. The zero-order valence-corrected chi connectivity index (χ0v) is 17.8. The molecule has 3 aromatic heterocycles. The first-order valence-electron chi connectivity index (χ1n) is 10.3. The Kier molecular flexibility index (Phi) is 5.66. The molecule has 4 atom stereocenters. The molecule has 1 saturated carbocycles. The van der Waals surface area contributed by atoms with Crippen molar-refractivity contribution in [3.05, 3.63) is 55.0 Å². The SMILES string of the molecule is OCC1CC(Nc2nc(Nc3cccnc3)ncc2-c2nc3ccccc3s2)C(O)C1O. The van der Waals surface area contributed by atoms with Crippen LogP contribution in [0.2, 0.25) is 0 Å². The van der Waals surface area contributed by atoms with E-state index in [0.717, 1.165) is 20.9 Å². The van der Waals surface area contributed by atoms with Gasteiger partial charge in [0.2, 0.25) is 5.95 Å². The maximum Gasteiger partial charge on any atom is 0.229 e. The van der Waals surface area contributed by atoms with Gasteiger partial charge in [-0.2, -0.15) is 4.98 Å². The molecular weight excluding hydrogens is 428 g/mol. The molecule has 0 saturated heterocycles. The van der Waals surface area contributed by atoms with Gasteiger partial charge in [0.1, 0.15) is 16.9 Å². The van der Waals surface area contributed by atoms with Gasteiger partial charge in [-0.25, -0.2) is 9.97 Å². The van der Waals surface area contributed by atoms with E-state index in [9.17, 15) is 15.3 Å². The molecule has 4 unspecified atom stereocenters. The number of aromatic nitrogens is 4. The number of para-hydroxylation sites is 1. The zero-order valence-electron chi connectivity index (χ0n) is 17.0. The highest BCUT2D eigenvalue weighted by atomic mass is 32.1. The Bertz CT molecular complexity index is 1190. The van der Waals surface area contributed by atoms with Crippen LogP contribution in [0.4, 0.5) is 17.5 Å². The number of thiazole rings is 1. The summed E-state index contributed by atoms with van der Waals surface area (Å²) in [5, 5.41) is 37.4. The first-order chi connectivity index (χ1) is 15.6. The van der Waals surface area contributed by atoms with Gasteiger partial charge in [0, 0.05) is 24.9 Å². The van der Waals surface area contributed by atoms with Crippen molar-refractivity contribution in [3.8, 4) is 10.6 Å². The van der Waals surface area contributed by atoms with Gasteiger partial charge < -0.3 is 26.0 Å². The number of rotatable bonds is 6. The van der Waals surface area contributed by atoms with E-state index in [1.54, 1.807) is 18.6 Å². The average Bonchev–Trinajstić information content (AvgIpc) is 3.36. The minimum Gasteiger partial charge on any atom is -0.396 e. The summed E-state index contributed by atoms with van der Waals surface area (Å²) in [5.74, 6) is 0.445. The van der Waals surface area contributed by atoms with Gasteiger partial charge >= 0.3 is 0 Å². The third-order valence-corrected chi connectivity index (χ3v) is 6.66. The molecule has 9 nitrogen and oxygen atoms in total. The van der Waals surface area contributed by atoms with Gasteiger partial charge in [0.25, 0.3) is 0 Å². The number of fused-ring (bicyclic) bond motifs is 1. The van der Waals surface area contributed by atoms with E-state index in [-0.39, 0.29) is 6.61 Å². The third-order valence-electron chi connectivity index (χ3n) is 5.59. The summed E-state index contributed by atoms with van der Waals surface area (Å²) in [5.41, 5.74) is 2.31. The zero-order chi connectivity index (χ0) is 22.1. The average molecular weight is 451 g/mol. The Morgan fingerprint density at radius 1 is 1.03 bits per heavy atom. The highest BCUT2D eigenvalue weighted by Gasteiger charge is 2.41. The van der Waals surface area contributed by atoms with Crippen molar-refractivity contribution in [2.75, 3.05) is 17.2 Å². The number of benzene rings is 1. The summed E-state index contributed by atoms with van der Waals surface area (Å²) in [6, 6.07) is 11.0. The van der Waals surface area contributed by atoms with Gasteiger partial charge in [0.15, 0.2) is 0 Å². The Balaban J connectivity index is 1.52. The number of aliphatic hydroxyl groups excluding tert-OH is 3. The fourth-order valence-electron chi connectivity index (χ4n) is 3.89. The van der Waals surface area contributed by atoms with Crippen LogP contribution in [0.15, 0.2) is 55.0 Å². The summed E-state index contributed by atoms with van der Waals surface area (Å²) in [7, 11) is 0. The van der Waals surface area contributed by atoms with Crippen LogP contribution in [0, 0.1) is 5.92 Å². The largest absolute Gasteiger partial charge is 0.396 e. The number of hydrogen-bond donors (Lipinski definition) is 5. The second-order valence-corrected chi connectivity index (χ2v) is 8.75. The van der Waals surface area contributed by atoms with Gasteiger partial charge in [-0.05, 0) is 30.7 Å². The number of nitrogens with zero attached hydrogens (tertiary/aromatic N) is 4. The highest BCUT2D eigenvalue weighted by molar-refractivity contribution is 7.21. The van der Waals surface area contributed by atoms with Crippen LogP contribution in [0.1, 0.15) is 6.42 Å². The number of anilines is 3. The van der Waals surface area contributed by atoms with E-state index in [0.29, 0.717) is 23.8 Å². The molecule has 5 rings (SSSR count). The molecule has 0 bridgehead atoms. The normalized spacial score (nSPS) is 22.8. The lowest BCUT2D eigenvalue weighted by molar-refractivity contribution is 0.00446. The molecular formula is C22H22N6O3S. The van der Waals surface area contributed by atoms with Crippen molar-refractivity contribution in [1.82, 2.24) is 19.9 Å². The first-order valence-corrected chi connectivity index (χ1v) is 11.1. The lowest BCUT2D eigenvalue weighted by Crippen LogP contribution is -2.35. The molecule has 4 aromatic rings. The lowest BCUT2D eigenvalue weighted by atomic mass is 10.1. The molecule has 32 heavy (non-hydrogen) atoms. The Hall–Kier alpha value is -3.18. The topological polar surface area (TPSA) is 136 Å². The molecule has 1 fully saturated rings. The fourth-order valence-corrected chi connectivity index (χ4v) is 4.86. The van der Waals surface area contributed by atoms with Crippen LogP contribution >= 0.6 is 11.3 Å². The fraction of sp³-hybridized carbons (Fsp3) is 0.273. The van der Waals surface area contributed by atoms with Crippen LogP contribution < -0.4 is 10.6 Å². The van der Waals surface area contributed by atoms with Crippen LogP contribution in [-0.4, -0.2) is 60.1 Å². The summed E-state index contributed by atoms with van der Waals surface area (Å²) in [4.78, 5) is 17.9. The quantitative estimate of drug-likeness (QED) is 0.300. The molecule has 0 spiro atoms. The monoisotopic (exact) mass is 450 g/mol. The molecule has 10 heteroatoms. The summed E-state index contributed by atoms with van der Waals surface area (Å²) < 4.78 is 1.04. The van der Waals surface area contributed by atoms with E-state index >= 15 is 0 Å². The molecule has 164 valence electrons. The van der Waals surface area contributed by atoms with Crippen molar-refractivity contribution < 1.29 is 15.3 Å². The standard InChI is InChI=1S/C22H22N6O3S/c29-11-12-8-16(19(31)18(12)30)26-20-14(21-27-15-5-1-2-6-17(15)32-21)10-24-22(28-20)25-13-4-3-7-23-9-13/h1-7,9-10,12,16,18-19,29-31H,8,11H2,(H2,24,25,26,28). The summed E-state index contributed by atoms with van der Waals surface area (Å²) in [6.07, 6.45) is 3.42. The van der Waals surface area contributed by atoms with Crippen molar-refractivity contribution in [2.45, 2.75) is 24.7 Å². The lowest BCUT2D eigenvalue weighted by Gasteiger charge is -2.20. The van der Waals surface area contributed by atoms with E-state index in [1.807, 2.05) is 36.4 Å². The molecule has 1 aromatic carbocycles. The predicted octanol–water partition coefficient (Wildman–Crippen LogP) is 2.41. The Labute approximate surface area is 187 Å². The number of nitrogens with one attached hydrogen (secondary N) is 2. The van der Waals surface area contributed by atoms with Crippen molar-refractivity contribution in [2.24, 2.45) is 5.92 Å². The molecule has 5 N–H and O–H groups in total. The van der Waals surface area contributed by atoms with E-state index in [4.69, 9.17) is 4.98 Å². The molecule has 3 heterocycles. The van der Waals surface area contributed by atoms with Crippen molar-refractivity contribution in [3.63, 3.8) is 0 Å². The van der Waals surface area contributed by atoms with Crippen LogP contribution in [-0.2, 0) is 0 Å². The van der Waals surface area contributed by atoms with Crippen molar-refractivity contribution in [1.29, 1.82) is 0 Å². The second-order valence-electron chi connectivity index (χ2n) is 7.72. The summed E-state index contributed by atoms with van der Waals surface area (Å²) >= 11 is 1.53. The first kappa shape index (κ1) is 20.7. The minimum atomic E-state index is -1.03. The minimum absolute atomic E-state index is 0.196. The van der Waals surface area contributed by atoms with Crippen LogP contribution in [0.25, 0.3) is 20.8 Å². The third kappa shape index (κ3) is 4.00. The van der Waals surface area contributed by atoms with E-state index < -0.39 is 24.2 Å². The molecule has 0 radical (unpaired) electrons. The van der Waals surface area contributed by atoms with Gasteiger partial charge in [-0.15, -0.1) is 11.3 Å². The van der Waals surface area contributed by atoms with Crippen molar-refractivity contribution >= 4 is 39.0 Å². The summed E-state index contributed by atoms with van der Waals surface area (Å²) in [6.45, 7) is -0.196. The maximum atomic E-state index is 10.5. The number of pyridine rings is 1. The predicted molar refractivity (Wildman–Crippen MR) is 123 cm³/mol. The highest BCUT2D eigenvalue weighted by Crippen LogP contribution is 2.36. The number of aliphatic hydroxyl groups is 3. The Morgan fingerprint density at radius 3 is 2.66 bits per heavy atom. The molecule has 1 aliphatic carbocycles. The second kappa shape index (κ2) is 8.75.